The van der Waals surface area contributed by atoms with Gasteiger partial charge < -0.3 is 84.3 Å². The SMILES string of the molecule is CC[C@H]1OC(=O)[C@H](C)[C@@H](OC2CC(C)(OC)C(O)C(C)O2)[C@H](C)[C@@H](OC2OC(C)CC(C)C2O)[C@](C)(O)C[C@@H](C)[C@H](NCCNC(=O)CCC(=O)NC[C@H]2CN(c3ccc(N4CCOCC4)c(F)c3)C(=O)O2)[C@H](C)[C@@H](O)[C@]1(C)O. The zero-order valence-electron chi connectivity index (χ0n) is 48.4. The van der Waals surface area contributed by atoms with Crippen molar-refractivity contribution in [1.29, 1.82) is 0 Å². The number of benzene rings is 1. The lowest BCUT2D eigenvalue weighted by Crippen LogP contribution is -2.61. The van der Waals surface area contributed by atoms with Crippen LogP contribution in [0, 0.1) is 35.4 Å². The summed E-state index contributed by atoms with van der Waals surface area (Å²) in [7, 11) is 1.48. The molecule has 8 N–H and O–H groups in total. The van der Waals surface area contributed by atoms with Crippen molar-refractivity contribution >= 4 is 35.3 Å². The molecule has 79 heavy (non-hydrogen) atoms. The van der Waals surface area contributed by atoms with Crippen molar-refractivity contribution in [2.45, 2.75) is 205 Å². The van der Waals surface area contributed by atoms with Gasteiger partial charge in [0.05, 0.1) is 85.3 Å². The summed E-state index contributed by atoms with van der Waals surface area (Å²) in [5, 5.41) is 68.8. The third kappa shape index (κ3) is 15.6. The van der Waals surface area contributed by atoms with Crippen LogP contribution in [0.5, 0.6) is 0 Å². The van der Waals surface area contributed by atoms with E-state index in [1.807, 2.05) is 25.7 Å². The zero-order chi connectivity index (χ0) is 58.3. The van der Waals surface area contributed by atoms with Gasteiger partial charge in [0.15, 0.2) is 12.6 Å². The molecule has 0 aromatic heterocycles. The minimum absolute atomic E-state index is 0.00101. The van der Waals surface area contributed by atoms with Crippen LogP contribution in [-0.4, -0.2) is 199 Å². The highest BCUT2D eigenvalue weighted by Gasteiger charge is 2.53. The number of nitrogens with one attached hydrogen (secondary N) is 3. The second kappa shape index (κ2) is 27.5. The predicted molar refractivity (Wildman–Crippen MR) is 287 cm³/mol. The van der Waals surface area contributed by atoms with Crippen LogP contribution < -0.4 is 25.8 Å². The number of carbonyl (C=O) groups excluding carboxylic acids is 4. The maximum absolute atomic E-state index is 15.1. The largest absolute Gasteiger partial charge is 0.459 e. The van der Waals surface area contributed by atoms with Crippen LogP contribution in [0.3, 0.4) is 0 Å². The smallest absolute Gasteiger partial charge is 0.414 e. The summed E-state index contributed by atoms with van der Waals surface area (Å²) < 4.78 is 63.7. The van der Waals surface area contributed by atoms with Crippen molar-refractivity contribution in [1.82, 2.24) is 16.0 Å². The third-order valence-electron chi connectivity index (χ3n) is 17.2. The molecule has 5 aliphatic heterocycles. The number of nitrogens with zero attached hydrogens (tertiary/aromatic N) is 2. The highest BCUT2D eigenvalue weighted by Crippen LogP contribution is 2.42. The zero-order valence-corrected chi connectivity index (χ0v) is 48.4. The van der Waals surface area contributed by atoms with Gasteiger partial charge >= 0.3 is 12.1 Å². The van der Waals surface area contributed by atoms with E-state index < -0.39 is 138 Å². The summed E-state index contributed by atoms with van der Waals surface area (Å²) in [6.07, 6.45) is -11.3. The number of esters is 1. The number of carbonyl (C=O) groups is 4. The molecule has 0 aliphatic carbocycles. The topological polar surface area (TPSA) is 286 Å². The molecule has 0 bridgehead atoms. The van der Waals surface area contributed by atoms with E-state index in [0.29, 0.717) is 44.1 Å². The molecule has 0 spiro atoms. The Morgan fingerprint density at radius 3 is 2.16 bits per heavy atom. The molecule has 5 fully saturated rings. The highest BCUT2D eigenvalue weighted by atomic mass is 19.1. The Labute approximate surface area is 465 Å². The summed E-state index contributed by atoms with van der Waals surface area (Å²) in [5.41, 5.74) is -4.12. The number of morpholine rings is 1. The van der Waals surface area contributed by atoms with Crippen molar-refractivity contribution < 1.29 is 87.0 Å². The number of amides is 3. The minimum Gasteiger partial charge on any atom is -0.459 e. The van der Waals surface area contributed by atoms with Gasteiger partial charge in [-0.1, -0.05) is 34.6 Å². The van der Waals surface area contributed by atoms with E-state index >= 15 is 4.39 Å². The van der Waals surface area contributed by atoms with Gasteiger partial charge in [-0.05, 0) is 90.8 Å². The molecule has 1 aromatic rings. The molecule has 450 valence electrons. The number of rotatable bonds is 17. The molecule has 0 saturated carbocycles. The molecule has 3 amide bonds. The van der Waals surface area contributed by atoms with Gasteiger partial charge in [-0.15, -0.1) is 0 Å². The monoisotopic (exact) mass is 1130 g/mol. The molecule has 5 aliphatic rings. The molecule has 5 heterocycles. The summed E-state index contributed by atoms with van der Waals surface area (Å²) >= 11 is 0. The van der Waals surface area contributed by atoms with Crippen molar-refractivity contribution in [2.24, 2.45) is 29.6 Å². The molecule has 8 unspecified atom stereocenters. The van der Waals surface area contributed by atoms with Crippen LogP contribution in [0.25, 0.3) is 0 Å². The van der Waals surface area contributed by atoms with Gasteiger partial charge in [0, 0.05) is 70.4 Å². The van der Waals surface area contributed by atoms with Crippen LogP contribution >= 0.6 is 0 Å². The van der Waals surface area contributed by atoms with Crippen molar-refractivity contribution in [3.63, 3.8) is 0 Å². The number of cyclic esters (lactones) is 2. The molecular formula is C56H92FN5O17. The Kier molecular flexibility index (Phi) is 22.4. The number of anilines is 2. The fourth-order valence-electron chi connectivity index (χ4n) is 12.4. The van der Waals surface area contributed by atoms with Gasteiger partial charge in [-0.3, -0.25) is 19.3 Å². The van der Waals surface area contributed by atoms with Crippen molar-refractivity contribution in [2.75, 3.05) is 69.4 Å². The van der Waals surface area contributed by atoms with Crippen LogP contribution in [0.4, 0.5) is 20.6 Å². The lowest BCUT2D eigenvalue weighted by Gasteiger charge is -2.49. The maximum atomic E-state index is 15.1. The van der Waals surface area contributed by atoms with Gasteiger partial charge in [-0.2, -0.15) is 0 Å². The van der Waals surface area contributed by atoms with Crippen LogP contribution in [0.2, 0.25) is 0 Å². The van der Waals surface area contributed by atoms with Crippen LogP contribution in [0.1, 0.15) is 115 Å². The van der Waals surface area contributed by atoms with Gasteiger partial charge in [0.2, 0.25) is 11.8 Å². The van der Waals surface area contributed by atoms with Crippen LogP contribution in [-0.2, 0) is 52.3 Å². The second-order valence-corrected chi connectivity index (χ2v) is 23.6. The molecule has 22 nitrogen and oxygen atoms in total. The summed E-state index contributed by atoms with van der Waals surface area (Å²) in [5.74, 6) is -5.57. The Morgan fingerprint density at radius 2 is 1.52 bits per heavy atom. The Morgan fingerprint density at radius 1 is 0.848 bits per heavy atom. The second-order valence-electron chi connectivity index (χ2n) is 23.6. The summed E-state index contributed by atoms with van der Waals surface area (Å²) in [6, 6.07) is 3.88. The number of halogens is 1. The average molecular weight is 1130 g/mol. The number of hydrogen-bond acceptors (Lipinski definition) is 19. The quantitative estimate of drug-likeness (QED) is 0.0822. The normalized spacial score (nSPS) is 40.1. The fraction of sp³-hybridized carbons (Fsp3) is 0.821. The molecule has 1 aromatic carbocycles. The maximum Gasteiger partial charge on any atom is 0.414 e. The first-order valence-electron chi connectivity index (χ1n) is 28.4. The Hall–Kier alpha value is -3.85. The fourth-order valence-corrected chi connectivity index (χ4v) is 12.4. The van der Waals surface area contributed by atoms with Crippen LogP contribution in [0.15, 0.2) is 18.2 Å². The summed E-state index contributed by atoms with van der Waals surface area (Å²) in [4.78, 5) is 56.4. The summed E-state index contributed by atoms with van der Waals surface area (Å²) in [6.45, 7) is 21.3. The third-order valence-corrected chi connectivity index (χ3v) is 17.2. The van der Waals surface area contributed by atoms with E-state index in [9.17, 15) is 44.7 Å². The molecular weight excluding hydrogens is 1030 g/mol. The number of methoxy groups -OCH3 is 1. The average Bonchev–Trinajstić information content (AvgIpc) is 3.82. The lowest BCUT2D eigenvalue weighted by atomic mass is 9.72. The predicted octanol–water partition coefficient (Wildman–Crippen LogP) is 2.89. The first-order valence-corrected chi connectivity index (χ1v) is 28.4. The van der Waals surface area contributed by atoms with Crippen molar-refractivity contribution in [3.8, 4) is 0 Å². The van der Waals surface area contributed by atoms with E-state index in [2.05, 4.69) is 16.0 Å². The van der Waals surface area contributed by atoms with Crippen molar-refractivity contribution in [3.05, 3.63) is 24.0 Å². The van der Waals surface area contributed by atoms with E-state index in [1.54, 1.807) is 60.6 Å². The number of hydrogen-bond donors (Lipinski definition) is 8. The van der Waals surface area contributed by atoms with E-state index in [4.69, 9.17) is 37.9 Å². The van der Waals surface area contributed by atoms with Gasteiger partial charge in [0.1, 0.15) is 35.8 Å². The standard InChI is InChI=1S/C56H92FN5O17/c1-13-41-56(11,71)48(66)33(5)45(59-19-18-58-42(63)16-17-43(64)60-28-38-29-62(53(69)76-38)37-14-15-40(39(57)25-37)61-20-22-73-23-21-61)31(3)26-54(9,70)50(79-52-46(65)30(2)24-32(4)74-52)34(6)47(35(7)51(68)77-41)78-44-27-55(10,72-12)49(67)36(8)75-44/h14-15,25,30-36,38,41,44-50,52,59,65-67,70-71H,13,16-24,26-29H2,1-12H3,(H,58,63)(H,60,64)/t30?,31-,32?,33+,34+,35-,36?,38+,41-,44?,45+,46?,47+,48-,49?,50-,52?,54-,55?,56-/m1/s1. The molecule has 23 heteroatoms. The number of ether oxygens (including phenoxy) is 8. The molecule has 5 saturated heterocycles. The molecule has 6 rings (SSSR count). The lowest BCUT2D eigenvalue weighted by molar-refractivity contribution is -0.318. The number of aliphatic hydroxyl groups is 5. The van der Waals surface area contributed by atoms with E-state index in [0.717, 1.165) is 0 Å². The van der Waals surface area contributed by atoms with E-state index in [-0.39, 0.29) is 70.3 Å². The first-order chi connectivity index (χ1) is 37.1. The molecule has 0 radical (unpaired) electrons. The highest BCUT2D eigenvalue weighted by molar-refractivity contribution is 5.90. The first kappa shape index (κ1) is 64.3. The van der Waals surface area contributed by atoms with Gasteiger partial charge in [0.25, 0.3) is 0 Å². The minimum atomic E-state index is -1.99. The van der Waals surface area contributed by atoms with E-state index in [1.165, 1.54) is 25.0 Å². The number of aliphatic hydroxyl groups excluding tert-OH is 3. The van der Waals surface area contributed by atoms with Gasteiger partial charge in [-0.25, -0.2) is 9.18 Å². The molecule has 20 atom stereocenters. The Bertz CT molecular complexity index is 2190. The Balaban J connectivity index is 1.13.